The highest BCUT2D eigenvalue weighted by atomic mass is 19.4. The van der Waals surface area contributed by atoms with Crippen molar-refractivity contribution in [3.63, 3.8) is 0 Å². The molecule has 7 heteroatoms. The first kappa shape index (κ1) is 15.1. The van der Waals surface area contributed by atoms with Gasteiger partial charge in [0.05, 0.1) is 6.10 Å². The molecule has 0 aliphatic heterocycles. The number of halogens is 3. The number of nitrogens with two attached hydrogens (primary N) is 1. The lowest BCUT2D eigenvalue weighted by Crippen LogP contribution is -2.17. The minimum absolute atomic E-state index is 0.148. The summed E-state index contributed by atoms with van der Waals surface area (Å²) >= 11 is 0. The van der Waals surface area contributed by atoms with Crippen molar-refractivity contribution < 1.29 is 23.0 Å². The van der Waals surface area contributed by atoms with Gasteiger partial charge in [-0.3, -0.25) is 0 Å². The monoisotopic (exact) mass is 298 g/mol. The average molecular weight is 298 g/mol. The van der Waals surface area contributed by atoms with E-state index in [0.29, 0.717) is 11.1 Å². The molecule has 1 aromatic carbocycles. The molecule has 3 N–H and O–H groups in total. The number of hydrogen-bond acceptors (Lipinski definition) is 4. The van der Waals surface area contributed by atoms with E-state index in [2.05, 4.69) is 9.72 Å². The molecule has 0 fully saturated rings. The van der Waals surface area contributed by atoms with Gasteiger partial charge in [-0.15, -0.1) is 13.2 Å². The van der Waals surface area contributed by atoms with Crippen molar-refractivity contribution in [2.75, 3.05) is 5.73 Å². The number of pyridine rings is 1. The van der Waals surface area contributed by atoms with Gasteiger partial charge < -0.3 is 15.6 Å². The normalized spacial score (nSPS) is 13.0. The molecule has 2 aromatic rings. The van der Waals surface area contributed by atoms with Gasteiger partial charge in [-0.05, 0) is 29.3 Å². The van der Waals surface area contributed by atoms with Crippen LogP contribution in [-0.2, 0) is 6.42 Å². The van der Waals surface area contributed by atoms with Gasteiger partial charge in [0.1, 0.15) is 11.6 Å². The van der Waals surface area contributed by atoms with Gasteiger partial charge in [-0.2, -0.15) is 0 Å². The van der Waals surface area contributed by atoms with Crippen molar-refractivity contribution >= 4 is 5.82 Å². The number of nitrogens with zero attached hydrogens (tertiary/aromatic N) is 1. The third-order valence-electron chi connectivity index (χ3n) is 2.82. The SMILES string of the molecule is Nc1ncccc1CC(O)c1cccc(OC(F)(F)F)c1. The minimum Gasteiger partial charge on any atom is -0.406 e. The maximum absolute atomic E-state index is 12.2. The highest BCUT2D eigenvalue weighted by molar-refractivity contribution is 5.40. The molecule has 0 spiro atoms. The average Bonchev–Trinajstić information content (AvgIpc) is 2.39. The molecule has 0 bridgehead atoms. The summed E-state index contributed by atoms with van der Waals surface area (Å²) in [6.07, 6.45) is -4.11. The summed E-state index contributed by atoms with van der Waals surface area (Å²) < 4.78 is 40.3. The Morgan fingerprint density at radius 2 is 2.00 bits per heavy atom. The van der Waals surface area contributed by atoms with E-state index in [0.717, 1.165) is 6.07 Å². The molecule has 2 rings (SSSR count). The smallest absolute Gasteiger partial charge is 0.406 e. The van der Waals surface area contributed by atoms with Gasteiger partial charge in [0.2, 0.25) is 0 Å². The number of aliphatic hydroxyl groups is 1. The van der Waals surface area contributed by atoms with E-state index in [1.165, 1.54) is 24.4 Å². The zero-order valence-corrected chi connectivity index (χ0v) is 10.8. The Kier molecular flexibility index (Phi) is 4.32. The van der Waals surface area contributed by atoms with Crippen molar-refractivity contribution in [1.29, 1.82) is 0 Å². The first-order valence-corrected chi connectivity index (χ1v) is 6.08. The van der Waals surface area contributed by atoms with Crippen molar-refractivity contribution in [1.82, 2.24) is 4.98 Å². The number of aliphatic hydroxyl groups excluding tert-OH is 1. The van der Waals surface area contributed by atoms with Crippen LogP contribution in [0.5, 0.6) is 5.75 Å². The molecule has 1 unspecified atom stereocenters. The molecule has 0 saturated heterocycles. The first-order chi connectivity index (χ1) is 9.85. The summed E-state index contributed by atoms with van der Waals surface area (Å²) in [7, 11) is 0. The Labute approximate surface area is 119 Å². The van der Waals surface area contributed by atoms with Crippen molar-refractivity contribution in [2.45, 2.75) is 18.9 Å². The second kappa shape index (κ2) is 6.01. The number of ether oxygens (including phenoxy) is 1. The Balaban J connectivity index is 2.14. The second-order valence-electron chi connectivity index (χ2n) is 4.39. The topological polar surface area (TPSA) is 68.4 Å². The Morgan fingerprint density at radius 1 is 1.24 bits per heavy atom. The van der Waals surface area contributed by atoms with E-state index in [9.17, 15) is 18.3 Å². The third kappa shape index (κ3) is 4.35. The predicted molar refractivity (Wildman–Crippen MR) is 70.4 cm³/mol. The second-order valence-corrected chi connectivity index (χ2v) is 4.39. The van der Waals surface area contributed by atoms with E-state index in [1.807, 2.05) is 0 Å². The van der Waals surface area contributed by atoms with Gasteiger partial charge in [0.25, 0.3) is 0 Å². The Hall–Kier alpha value is -2.28. The fraction of sp³-hybridized carbons (Fsp3) is 0.214. The highest BCUT2D eigenvalue weighted by Crippen LogP contribution is 2.27. The zero-order chi connectivity index (χ0) is 15.5. The summed E-state index contributed by atoms with van der Waals surface area (Å²) in [5.41, 5.74) is 6.59. The van der Waals surface area contributed by atoms with E-state index in [4.69, 9.17) is 5.73 Å². The summed E-state index contributed by atoms with van der Waals surface area (Å²) in [5.74, 6) is -0.0996. The molecule has 0 aliphatic rings. The summed E-state index contributed by atoms with van der Waals surface area (Å²) in [5, 5.41) is 10.1. The molecule has 112 valence electrons. The maximum Gasteiger partial charge on any atom is 0.573 e. The van der Waals surface area contributed by atoms with Crippen LogP contribution in [0.2, 0.25) is 0 Å². The summed E-state index contributed by atoms with van der Waals surface area (Å²) in [6.45, 7) is 0. The molecule has 21 heavy (non-hydrogen) atoms. The van der Waals surface area contributed by atoms with Gasteiger partial charge in [0.15, 0.2) is 0 Å². The quantitative estimate of drug-likeness (QED) is 0.910. The van der Waals surface area contributed by atoms with Crippen LogP contribution < -0.4 is 10.5 Å². The van der Waals surface area contributed by atoms with Crippen LogP contribution in [0.1, 0.15) is 17.2 Å². The van der Waals surface area contributed by atoms with Gasteiger partial charge in [0, 0.05) is 12.6 Å². The lowest BCUT2D eigenvalue weighted by molar-refractivity contribution is -0.274. The molecule has 0 radical (unpaired) electrons. The number of aromatic nitrogens is 1. The largest absolute Gasteiger partial charge is 0.573 e. The molecule has 0 amide bonds. The Bertz CT molecular complexity index is 617. The highest BCUT2D eigenvalue weighted by Gasteiger charge is 2.31. The maximum atomic E-state index is 12.2. The van der Waals surface area contributed by atoms with E-state index < -0.39 is 12.5 Å². The van der Waals surface area contributed by atoms with Crippen LogP contribution in [0, 0.1) is 0 Å². The standard InChI is InChI=1S/C14H13F3N2O2/c15-14(16,17)21-11-5-1-3-9(7-11)12(20)8-10-4-2-6-19-13(10)18/h1-7,12,20H,8H2,(H2,18,19). The number of nitrogen functional groups attached to an aromatic ring is 1. The molecule has 1 atom stereocenters. The molecular weight excluding hydrogens is 285 g/mol. The summed E-state index contributed by atoms with van der Waals surface area (Å²) in [4.78, 5) is 3.89. The van der Waals surface area contributed by atoms with E-state index in [1.54, 1.807) is 12.1 Å². The van der Waals surface area contributed by atoms with Gasteiger partial charge in [-0.1, -0.05) is 18.2 Å². The van der Waals surface area contributed by atoms with Crippen LogP contribution in [-0.4, -0.2) is 16.5 Å². The third-order valence-corrected chi connectivity index (χ3v) is 2.82. The molecule has 1 heterocycles. The van der Waals surface area contributed by atoms with Gasteiger partial charge in [-0.25, -0.2) is 4.98 Å². The predicted octanol–water partition coefficient (Wildman–Crippen LogP) is 2.84. The summed E-state index contributed by atoms with van der Waals surface area (Å²) in [6, 6.07) is 8.57. The van der Waals surface area contributed by atoms with Crippen molar-refractivity contribution in [2.24, 2.45) is 0 Å². The minimum atomic E-state index is -4.77. The molecular formula is C14H13F3N2O2. The van der Waals surface area contributed by atoms with Gasteiger partial charge >= 0.3 is 6.36 Å². The molecule has 4 nitrogen and oxygen atoms in total. The fourth-order valence-corrected chi connectivity index (χ4v) is 1.87. The molecule has 0 aliphatic carbocycles. The van der Waals surface area contributed by atoms with Crippen LogP contribution >= 0.6 is 0 Å². The van der Waals surface area contributed by atoms with Crippen LogP contribution in [0.15, 0.2) is 42.6 Å². The number of hydrogen-bond donors (Lipinski definition) is 2. The number of alkyl halides is 3. The first-order valence-electron chi connectivity index (χ1n) is 6.08. The molecule has 0 saturated carbocycles. The van der Waals surface area contributed by atoms with Crippen LogP contribution in [0.25, 0.3) is 0 Å². The molecule has 1 aromatic heterocycles. The lowest BCUT2D eigenvalue weighted by Gasteiger charge is -2.14. The van der Waals surface area contributed by atoms with Crippen LogP contribution in [0.3, 0.4) is 0 Å². The Morgan fingerprint density at radius 3 is 2.67 bits per heavy atom. The van der Waals surface area contributed by atoms with Crippen molar-refractivity contribution in [3.05, 3.63) is 53.7 Å². The van der Waals surface area contributed by atoms with Crippen molar-refractivity contribution in [3.8, 4) is 5.75 Å². The van der Waals surface area contributed by atoms with E-state index >= 15 is 0 Å². The number of rotatable bonds is 4. The lowest BCUT2D eigenvalue weighted by atomic mass is 10.0. The number of anilines is 1. The van der Waals surface area contributed by atoms with Crippen LogP contribution in [0.4, 0.5) is 19.0 Å². The zero-order valence-electron chi connectivity index (χ0n) is 10.8. The fourth-order valence-electron chi connectivity index (χ4n) is 1.87. The number of benzene rings is 1. The van der Waals surface area contributed by atoms with E-state index in [-0.39, 0.29) is 18.0 Å².